The maximum Gasteiger partial charge on any atom is 0.162 e. The van der Waals surface area contributed by atoms with E-state index >= 15 is 0 Å². The molecule has 2 aliphatic rings. The lowest BCUT2D eigenvalue weighted by molar-refractivity contribution is 0.292. The minimum Gasteiger partial charge on any atom is -0.493 e. The van der Waals surface area contributed by atoms with Crippen LogP contribution < -0.4 is 14.8 Å². The van der Waals surface area contributed by atoms with Gasteiger partial charge in [-0.3, -0.25) is 4.98 Å². The van der Waals surface area contributed by atoms with Gasteiger partial charge in [0.2, 0.25) is 0 Å². The number of hydrogen-bond donors (Lipinski definition) is 1. The van der Waals surface area contributed by atoms with Crippen LogP contribution in [0, 0.1) is 0 Å². The molecule has 0 spiro atoms. The molecular formula is C22H31N3O2. The van der Waals surface area contributed by atoms with E-state index < -0.39 is 0 Å². The van der Waals surface area contributed by atoms with Crippen LogP contribution in [0.25, 0.3) is 10.9 Å². The number of pyridine rings is 1. The summed E-state index contributed by atoms with van der Waals surface area (Å²) in [5.41, 5.74) is 4.92. The van der Waals surface area contributed by atoms with Crippen molar-refractivity contribution in [2.24, 2.45) is 0 Å². The Balaban J connectivity index is 1.78. The van der Waals surface area contributed by atoms with E-state index in [1.54, 1.807) is 14.2 Å². The number of aryl methyl sites for hydroxylation is 1. The summed E-state index contributed by atoms with van der Waals surface area (Å²) >= 11 is 0. The smallest absolute Gasteiger partial charge is 0.162 e. The number of benzene rings is 1. The molecule has 0 bridgehead atoms. The van der Waals surface area contributed by atoms with Gasteiger partial charge in [0.05, 0.1) is 19.7 Å². The van der Waals surface area contributed by atoms with Crippen molar-refractivity contribution in [1.82, 2.24) is 9.88 Å². The lowest BCUT2D eigenvalue weighted by Crippen LogP contribution is -2.35. The van der Waals surface area contributed by atoms with E-state index in [2.05, 4.69) is 23.2 Å². The number of likely N-dealkylation sites (N-methyl/N-ethyl adjacent to an activating group) is 1. The van der Waals surface area contributed by atoms with Crippen molar-refractivity contribution >= 4 is 16.6 Å². The SMILES string of the molecule is CCN1CCCC[C@@H](Nc2c3c(nc4cc(OC)c(OC)cc24)CCC3)C1. The van der Waals surface area contributed by atoms with Crippen LogP contribution in [0.3, 0.4) is 0 Å². The van der Waals surface area contributed by atoms with Gasteiger partial charge in [-0.2, -0.15) is 0 Å². The first-order valence-electron chi connectivity index (χ1n) is 10.3. The van der Waals surface area contributed by atoms with Crippen molar-refractivity contribution in [3.63, 3.8) is 0 Å². The van der Waals surface area contributed by atoms with E-state index in [1.165, 1.54) is 49.2 Å². The summed E-state index contributed by atoms with van der Waals surface area (Å²) in [5.74, 6) is 1.51. The van der Waals surface area contributed by atoms with E-state index in [1.807, 2.05) is 6.07 Å². The van der Waals surface area contributed by atoms with Crippen LogP contribution >= 0.6 is 0 Å². The van der Waals surface area contributed by atoms with Crippen LogP contribution in [0.15, 0.2) is 12.1 Å². The van der Waals surface area contributed by atoms with Crippen LogP contribution in [0.4, 0.5) is 5.69 Å². The van der Waals surface area contributed by atoms with Gasteiger partial charge in [-0.05, 0) is 56.8 Å². The average molecular weight is 370 g/mol. The van der Waals surface area contributed by atoms with Crippen molar-refractivity contribution in [1.29, 1.82) is 0 Å². The van der Waals surface area contributed by atoms with Crippen molar-refractivity contribution in [2.75, 3.05) is 39.2 Å². The first kappa shape index (κ1) is 18.4. The second kappa shape index (κ2) is 7.93. The topological polar surface area (TPSA) is 46.6 Å². The van der Waals surface area contributed by atoms with Crippen molar-refractivity contribution < 1.29 is 9.47 Å². The Hall–Kier alpha value is -2.01. The molecule has 5 heteroatoms. The van der Waals surface area contributed by atoms with E-state index in [0.717, 1.165) is 48.3 Å². The van der Waals surface area contributed by atoms with Crippen molar-refractivity contribution in [2.45, 2.75) is 51.5 Å². The van der Waals surface area contributed by atoms with Gasteiger partial charge in [-0.25, -0.2) is 0 Å². The zero-order valence-corrected chi connectivity index (χ0v) is 16.8. The van der Waals surface area contributed by atoms with Gasteiger partial charge in [-0.15, -0.1) is 0 Å². The summed E-state index contributed by atoms with van der Waals surface area (Å²) in [5, 5.41) is 5.09. The average Bonchev–Trinajstić information content (AvgIpc) is 3.04. The third-order valence-corrected chi connectivity index (χ3v) is 6.07. The van der Waals surface area contributed by atoms with E-state index in [0.29, 0.717) is 6.04 Å². The molecule has 2 heterocycles. The monoisotopic (exact) mass is 369 g/mol. The minimum atomic E-state index is 0.482. The van der Waals surface area contributed by atoms with Gasteiger partial charge in [0.15, 0.2) is 11.5 Å². The predicted octanol–water partition coefficient (Wildman–Crippen LogP) is 4.03. The van der Waals surface area contributed by atoms with Crippen LogP contribution in [0.2, 0.25) is 0 Å². The van der Waals surface area contributed by atoms with Gasteiger partial charge >= 0.3 is 0 Å². The molecule has 1 fully saturated rings. The molecule has 1 aromatic heterocycles. The number of aromatic nitrogens is 1. The molecule has 2 aromatic rings. The summed E-state index contributed by atoms with van der Waals surface area (Å²) in [7, 11) is 3.38. The normalized spacial score (nSPS) is 20.3. The third kappa shape index (κ3) is 3.57. The molecule has 0 radical (unpaired) electrons. The summed E-state index contributed by atoms with van der Waals surface area (Å²) in [6, 6.07) is 4.59. The maximum atomic E-state index is 5.57. The summed E-state index contributed by atoms with van der Waals surface area (Å²) in [6.45, 7) is 5.72. The number of likely N-dealkylation sites (tertiary alicyclic amines) is 1. The highest BCUT2D eigenvalue weighted by Crippen LogP contribution is 2.40. The molecule has 0 saturated carbocycles. The van der Waals surface area contributed by atoms with Crippen molar-refractivity contribution in [3.05, 3.63) is 23.4 Å². The number of hydrogen-bond acceptors (Lipinski definition) is 5. The molecular weight excluding hydrogens is 338 g/mol. The largest absolute Gasteiger partial charge is 0.493 e. The Morgan fingerprint density at radius 3 is 2.70 bits per heavy atom. The third-order valence-electron chi connectivity index (χ3n) is 6.07. The second-order valence-electron chi connectivity index (χ2n) is 7.72. The Morgan fingerprint density at radius 2 is 1.93 bits per heavy atom. The molecule has 1 N–H and O–H groups in total. The Kier molecular flexibility index (Phi) is 5.39. The minimum absolute atomic E-state index is 0.482. The maximum absolute atomic E-state index is 5.57. The van der Waals surface area contributed by atoms with Crippen molar-refractivity contribution in [3.8, 4) is 11.5 Å². The number of nitrogens with one attached hydrogen (secondary N) is 1. The molecule has 4 rings (SSSR count). The lowest BCUT2D eigenvalue weighted by Gasteiger charge is -2.26. The van der Waals surface area contributed by atoms with Crippen LogP contribution in [-0.4, -0.2) is 49.8 Å². The lowest BCUT2D eigenvalue weighted by atomic mass is 10.0. The second-order valence-corrected chi connectivity index (χ2v) is 7.72. The predicted molar refractivity (Wildman–Crippen MR) is 110 cm³/mol. The van der Waals surface area contributed by atoms with Crippen LogP contribution in [0.1, 0.15) is 43.9 Å². The van der Waals surface area contributed by atoms with Gasteiger partial charge < -0.3 is 19.7 Å². The molecule has 0 amide bonds. The molecule has 5 nitrogen and oxygen atoms in total. The fourth-order valence-corrected chi connectivity index (χ4v) is 4.58. The Morgan fingerprint density at radius 1 is 1.11 bits per heavy atom. The summed E-state index contributed by atoms with van der Waals surface area (Å²) in [4.78, 5) is 7.52. The highest BCUT2D eigenvalue weighted by molar-refractivity contribution is 5.96. The molecule has 0 unspecified atom stereocenters. The number of rotatable bonds is 5. The van der Waals surface area contributed by atoms with Gasteiger partial charge in [0.1, 0.15) is 0 Å². The highest BCUT2D eigenvalue weighted by Gasteiger charge is 2.24. The Labute approximate surface area is 162 Å². The number of ether oxygens (including phenoxy) is 2. The number of anilines is 1. The Bertz CT molecular complexity index is 821. The fraction of sp³-hybridized carbons (Fsp3) is 0.591. The zero-order valence-electron chi connectivity index (χ0n) is 16.8. The number of methoxy groups -OCH3 is 2. The number of fused-ring (bicyclic) bond motifs is 2. The standard InChI is InChI=1S/C22H31N3O2/c1-4-25-11-6-5-8-15(14-25)23-22-16-9-7-10-18(16)24-19-13-21(27-3)20(26-2)12-17(19)22/h12-13,15H,4-11,14H2,1-3H3,(H,23,24)/t15-/m1/s1. The zero-order chi connectivity index (χ0) is 18.8. The van der Waals surface area contributed by atoms with Crippen LogP contribution in [0.5, 0.6) is 11.5 Å². The quantitative estimate of drug-likeness (QED) is 0.862. The summed E-state index contributed by atoms with van der Waals surface area (Å²) in [6.07, 6.45) is 7.18. The van der Waals surface area contributed by atoms with Gasteiger partial charge in [0.25, 0.3) is 0 Å². The van der Waals surface area contributed by atoms with Gasteiger partial charge in [-0.1, -0.05) is 13.3 Å². The summed E-state index contributed by atoms with van der Waals surface area (Å²) < 4.78 is 11.1. The molecule has 146 valence electrons. The van der Waals surface area contributed by atoms with Crippen LogP contribution in [-0.2, 0) is 12.8 Å². The van der Waals surface area contributed by atoms with Gasteiger partial charge in [0, 0.05) is 35.4 Å². The highest BCUT2D eigenvalue weighted by atomic mass is 16.5. The van der Waals surface area contributed by atoms with E-state index in [-0.39, 0.29) is 0 Å². The molecule has 1 saturated heterocycles. The van der Waals surface area contributed by atoms with E-state index in [4.69, 9.17) is 14.5 Å². The first-order chi connectivity index (χ1) is 13.2. The number of nitrogens with zero attached hydrogens (tertiary/aromatic N) is 2. The molecule has 27 heavy (non-hydrogen) atoms. The molecule has 1 aliphatic carbocycles. The first-order valence-corrected chi connectivity index (χ1v) is 10.3. The molecule has 1 atom stereocenters. The fourth-order valence-electron chi connectivity index (χ4n) is 4.58. The van der Waals surface area contributed by atoms with E-state index in [9.17, 15) is 0 Å². The molecule has 1 aromatic carbocycles. The molecule has 1 aliphatic heterocycles.